The van der Waals surface area contributed by atoms with Gasteiger partial charge in [0.25, 0.3) is 0 Å². The first-order valence-corrected chi connectivity index (χ1v) is 7.23. The van der Waals surface area contributed by atoms with Gasteiger partial charge in [-0.1, -0.05) is 6.92 Å². The summed E-state index contributed by atoms with van der Waals surface area (Å²) >= 11 is 1.87. The second-order valence-corrected chi connectivity index (χ2v) is 5.85. The fourth-order valence-electron chi connectivity index (χ4n) is 2.30. The lowest BCUT2D eigenvalue weighted by molar-refractivity contribution is 0.112. The van der Waals surface area contributed by atoms with Crippen molar-refractivity contribution in [1.82, 2.24) is 4.57 Å². The van der Waals surface area contributed by atoms with Gasteiger partial charge in [0.2, 0.25) is 0 Å². The fourth-order valence-corrected chi connectivity index (χ4v) is 3.25. The highest BCUT2D eigenvalue weighted by Gasteiger charge is 2.04. The molecule has 0 amide bonds. The average molecular weight is 269 g/mol. The Morgan fingerprint density at radius 3 is 2.74 bits per heavy atom. The number of hydrogen-bond acceptors (Lipinski definition) is 2. The lowest BCUT2D eigenvalue weighted by Gasteiger charge is -2.03. The lowest BCUT2D eigenvalue weighted by atomic mass is 10.2. The van der Waals surface area contributed by atoms with Gasteiger partial charge in [-0.2, -0.15) is 0 Å². The van der Waals surface area contributed by atoms with E-state index in [1.807, 2.05) is 29.5 Å². The van der Waals surface area contributed by atoms with E-state index in [2.05, 4.69) is 35.9 Å². The number of hydrogen-bond donors (Lipinski definition) is 0. The zero-order chi connectivity index (χ0) is 13.2. The third-order valence-corrected chi connectivity index (χ3v) is 4.54. The number of thiophene rings is 1. The molecule has 0 saturated carbocycles. The number of carbonyl (C=O) groups excluding carboxylic acids is 1. The minimum Gasteiger partial charge on any atom is -0.342 e. The van der Waals surface area contributed by atoms with Gasteiger partial charge >= 0.3 is 0 Å². The van der Waals surface area contributed by atoms with Gasteiger partial charge in [0.1, 0.15) is 6.29 Å². The van der Waals surface area contributed by atoms with Crippen LogP contribution in [-0.2, 0) is 13.0 Å². The van der Waals surface area contributed by atoms with Crippen molar-refractivity contribution in [3.63, 3.8) is 0 Å². The Balaban J connectivity index is 1.94. The molecule has 3 rings (SSSR count). The highest BCUT2D eigenvalue weighted by Crippen LogP contribution is 2.22. The molecule has 0 N–H and O–H groups in total. The Morgan fingerprint density at radius 1 is 1.16 bits per heavy atom. The number of fused-ring (bicyclic) bond motifs is 1. The van der Waals surface area contributed by atoms with E-state index in [9.17, 15) is 4.79 Å². The summed E-state index contributed by atoms with van der Waals surface area (Å²) in [6, 6.07) is 12.3. The molecule has 0 aliphatic rings. The minimum absolute atomic E-state index is 0.731. The predicted octanol–water partition coefficient (Wildman–Crippen LogP) is 4.13. The molecule has 0 unspecified atom stereocenters. The molecule has 3 aromatic rings. The maximum Gasteiger partial charge on any atom is 0.150 e. The molecule has 0 aliphatic carbocycles. The van der Waals surface area contributed by atoms with Crippen LogP contribution in [0.3, 0.4) is 0 Å². The Bertz CT molecular complexity index is 723. The fraction of sp³-hybridized carbons (Fsp3) is 0.188. The quantitative estimate of drug-likeness (QED) is 0.653. The summed E-state index contributed by atoms with van der Waals surface area (Å²) < 4.78 is 2.23. The van der Waals surface area contributed by atoms with Gasteiger partial charge < -0.3 is 4.57 Å². The third kappa shape index (κ3) is 2.34. The van der Waals surface area contributed by atoms with Crippen LogP contribution in [0.25, 0.3) is 10.9 Å². The Kier molecular flexibility index (Phi) is 3.22. The molecule has 2 aromatic heterocycles. The van der Waals surface area contributed by atoms with Crippen molar-refractivity contribution >= 4 is 28.5 Å². The summed E-state index contributed by atoms with van der Waals surface area (Å²) in [6.07, 6.45) is 4.08. The largest absolute Gasteiger partial charge is 0.342 e. The molecular weight excluding hydrogens is 254 g/mol. The van der Waals surface area contributed by atoms with Crippen LogP contribution in [0, 0.1) is 0 Å². The highest BCUT2D eigenvalue weighted by molar-refractivity contribution is 7.11. The highest BCUT2D eigenvalue weighted by atomic mass is 32.1. The second kappa shape index (κ2) is 5.02. The minimum atomic E-state index is 0.731. The number of benzene rings is 1. The van der Waals surface area contributed by atoms with E-state index in [-0.39, 0.29) is 0 Å². The van der Waals surface area contributed by atoms with Crippen molar-refractivity contribution in [2.75, 3.05) is 0 Å². The van der Waals surface area contributed by atoms with Crippen molar-refractivity contribution in [2.24, 2.45) is 0 Å². The molecule has 2 heterocycles. The van der Waals surface area contributed by atoms with Crippen LogP contribution in [0.5, 0.6) is 0 Å². The predicted molar refractivity (Wildman–Crippen MR) is 80.1 cm³/mol. The number of aromatic nitrogens is 1. The Morgan fingerprint density at radius 2 is 2.00 bits per heavy atom. The first-order chi connectivity index (χ1) is 9.30. The second-order valence-electron chi connectivity index (χ2n) is 4.60. The molecule has 0 aliphatic heterocycles. The van der Waals surface area contributed by atoms with E-state index >= 15 is 0 Å². The molecule has 0 saturated heterocycles. The molecule has 19 heavy (non-hydrogen) atoms. The molecule has 2 nitrogen and oxygen atoms in total. The first-order valence-electron chi connectivity index (χ1n) is 6.42. The SMILES string of the molecule is CCc1ccc(Cn2ccc3cc(C=O)ccc32)s1. The van der Waals surface area contributed by atoms with Crippen LogP contribution in [0.2, 0.25) is 0 Å². The zero-order valence-electron chi connectivity index (χ0n) is 10.8. The molecule has 1 aromatic carbocycles. The molecular formula is C16H15NOS. The van der Waals surface area contributed by atoms with Gasteiger partial charge in [-0.3, -0.25) is 4.79 Å². The zero-order valence-corrected chi connectivity index (χ0v) is 11.6. The Labute approximate surface area is 116 Å². The topological polar surface area (TPSA) is 22.0 Å². The summed E-state index contributed by atoms with van der Waals surface area (Å²) in [4.78, 5) is 13.6. The van der Waals surface area contributed by atoms with E-state index in [4.69, 9.17) is 0 Å². The van der Waals surface area contributed by atoms with Crippen LogP contribution < -0.4 is 0 Å². The van der Waals surface area contributed by atoms with Crippen LogP contribution in [0.4, 0.5) is 0 Å². The van der Waals surface area contributed by atoms with E-state index in [0.29, 0.717) is 0 Å². The molecule has 0 fully saturated rings. The monoisotopic (exact) mass is 269 g/mol. The van der Waals surface area contributed by atoms with E-state index in [1.165, 1.54) is 15.3 Å². The third-order valence-electron chi connectivity index (χ3n) is 3.32. The van der Waals surface area contributed by atoms with Crippen molar-refractivity contribution in [3.8, 4) is 0 Å². The van der Waals surface area contributed by atoms with Gasteiger partial charge in [-0.05, 0) is 42.8 Å². The van der Waals surface area contributed by atoms with E-state index in [0.717, 1.165) is 30.2 Å². The smallest absolute Gasteiger partial charge is 0.150 e. The van der Waals surface area contributed by atoms with Gasteiger partial charge in [-0.15, -0.1) is 11.3 Å². The Hall–Kier alpha value is -1.87. The maximum atomic E-state index is 10.8. The van der Waals surface area contributed by atoms with Crippen molar-refractivity contribution < 1.29 is 4.79 Å². The van der Waals surface area contributed by atoms with E-state index < -0.39 is 0 Å². The molecule has 0 bridgehead atoms. The first kappa shape index (κ1) is 12.2. The molecule has 0 atom stereocenters. The summed E-state index contributed by atoms with van der Waals surface area (Å²) in [6.45, 7) is 3.08. The van der Waals surface area contributed by atoms with Gasteiger partial charge in [0.05, 0.1) is 6.54 Å². The number of nitrogens with zero attached hydrogens (tertiary/aromatic N) is 1. The van der Waals surface area contributed by atoms with Crippen molar-refractivity contribution in [2.45, 2.75) is 19.9 Å². The number of rotatable bonds is 4. The van der Waals surface area contributed by atoms with Gasteiger partial charge in [0.15, 0.2) is 0 Å². The number of aryl methyl sites for hydroxylation is 1. The van der Waals surface area contributed by atoms with Crippen LogP contribution in [-0.4, -0.2) is 10.9 Å². The maximum absolute atomic E-state index is 10.8. The normalized spacial score (nSPS) is 11.0. The summed E-state index contributed by atoms with van der Waals surface area (Å²) in [5.41, 5.74) is 1.91. The van der Waals surface area contributed by atoms with Crippen LogP contribution >= 0.6 is 11.3 Å². The lowest BCUT2D eigenvalue weighted by Crippen LogP contribution is -1.95. The van der Waals surface area contributed by atoms with Gasteiger partial charge in [0, 0.05) is 32.4 Å². The molecule has 96 valence electrons. The number of carbonyl (C=O) groups is 1. The van der Waals surface area contributed by atoms with Crippen LogP contribution in [0.1, 0.15) is 27.0 Å². The summed E-state index contributed by atoms with van der Waals surface area (Å²) in [5, 5.41) is 1.12. The molecule has 0 radical (unpaired) electrons. The number of aldehydes is 1. The summed E-state index contributed by atoms with van der Waals surface area (Å²) in [7, 11) is 0. The van der Waals surface area contributed by atoms with E-state index in [1.54, 1.807) is 0 Å². The van der Waals surface area contributed by atoms with Gasteiger partial charge in [-0.25, -0.2) is 0 Å². The van der Waals surface area contributed by atoms with Crippen molar-refractivity contribution in [3.05, 3.63) is 57.9 Å². The molecule has 3 heteroatoms. The average Bonchev–Trinajstić information content (AvgIpc) is 3.06. The van der Waals surface area contributed by atoms with Crippen LogP contribution in [0.15, 0.2) is 42.6 Å². The van der Waals surface area contributed by atoms with Crippen molar-refractivity contribution in [1.29, 1.82) is 0 Å². The molecule has 0 spiro atoms. The summed E-state index contributed by atoms with van der Waals surface area (Å²) in [5.74, 6) is 0. The standard InChI is InChI=1S/C16H15NOS/c1-2-14-4-5-15(19-14)10-17-8-7-13-9-12(11-18)3-6-16(13)17/h3-9,11H,2,10H2,1H3.